The van der Waals surface area contributed by atoms with Crippen LogP contribution >= 0.6 is 34.7 Å². The van der Waals surface area contributed by atoms with E-state index in [0.29, 0.717) is 23.1 Å². The van der Waals surface area contributed by atoms with Gasteiger partial charge in [0.25, 0.3) is 0 Å². The summed E-state index contributed by atoms with van der Waals surface area (Å²) in [6, 6.07) is 17.6. The Bertz CT molecular complexity index is 1140. The van der Waals surface area contributed by atoms with Crippen molar-refractivity contribution in [2.24, 2.45) is 0 Å². The van der Waals surface area contributed by atoms with Gasteiger partial charge in [-0.1, -0.05) is 47.2 Å². The Morgan fingerprint density at radius 1 is 1.13 bits per heavy atom. The lowest BCUT2D eigenvalue weighted by atomic mass is 10.1. The molecule has 0 N–H and O–H groups in total. The van der Waals surface area contributed by atoms with Gasteiger partial charge in [0.2, 0.25) is 5.91 Å². The second kappa shape index (κ2) is 9.16. The normalized spacial score (nSPS) is 11.0. The SMILES string of the molecule is CSc1ccc(CC(=O)N(Cc2ccccn2)c2nc3c(C)ccc(Cl)c3s2)cc1. The van der Waals surface area contributed by atoms with Crippen LogP contribution in [0.5, 0.6) is 0 Å². The summed E-state index contributed by atoms with van der Waals surface area (Å²) < 4.78 is 0.898. The third-order valence-electron chi connectivity index (χ3n) is 4.78. The van der Waals surface area contributed by atoms with Gasteiger partial charge >= 0.3 is 0 Å². The number of fused-ring (bicyclic) bond motifs is 1. The molecule has 0 bridgehead atoms. The molecule has 0 saturated heterocycles. The van der Waals surface area contributed by atoms with Crippen LogP contribution in [-0.4, -0.2) is 22.1 Å². The average molecular weight is 454 g/mol. The zero-order chi connectivity index (χ0) is 21.1. The van der Waals surface area contributed by atoms with Crippen molar-refractivity contribution in [3.63, 3.8) is 0 Å². The molecule has 0 aliphatic carbocycles. The molecule has 152 valence electrons. The van der Waals surface area contributed by atoms with E-state index in [1.165, 1.54) is 16.2 Å². The maximum Gasteiger partial charge on any atom is 0.233 e. The first-order valence-electron chi connectivity index (χ1n) is 9.44. The molecule has 4 nitrogen and oxygen atoms in total. The lowest BCUT2D eigenvalue weighted by Gasteiger charge is -2.19. The quantitative estimate of drug-likeness (QED) is 0.328. The van der Waals surface area contributed by atoms with E-state index in [-0.39, 0.29) is 5.91 Å². The number of aryl methyl sites for hydroxylation is 1. The molecule has 4 rings (SSSR count). The zero-order valence-electron chi connectivity index (χ0n) is 16.6. The lowest BCUT2D eigenvalue weighted by Crippen LogP contribution is -2.32. The van der Waals surface area contributed by atoms with Crippen LogP contribution in [0.2, 0.25) is 5.02 Å². The summed E-state index contributed by atoms with van der Waals surface area (Å²) in [6.45, 7) is 2.36. The van der Waals surface area contributed by atoms with Gasteiger partial charge < -0.3 is 0 Å². The Kier molecular flexibility index (Phi) is 6.37. The Morgan fingerprint density at radius 3 is 2.60 bits per heavy atom. The molecule has 1 amide bonds. The van der Waals surface area contributed by atoms with Crippen molar-refractivity contribution in [1.82, 2.24) is 9.97 Å². The topological polar surface area (TPSA) is 46.1 Å². The van der Waals surface area contributed by atoms with Gasteiger partial charge in [0.15, 0.2) is 5.13 Å². The number of amides is 1. The monoisotopic (exact) mass is 453 g/mol. The molecule has 30 heavy (non-hydrogen) atoms. The number of carbonyl (C=O) groups is 1. The number of rotatable bonds is 6. The Balaban J connectivity index is 1.69. The smallest absolute Gasteiger partial charge is 0.233 e. The van der Waals surface area contributed by atoms with Gasteiger partial charge in [-0.2, -0.15) is 0 Å². The number of thiazole rings is 1. The predicted molar refractivity (Wildman–Crippen MR) is 127 cm³/mol. The molecule has 7 heteroatoms. The Hall–Kier alpha value is -2.41. The number of aromatic nitrogens is 2. The number of nitrogens with zero attached hydrogens (tertiary/aromatic N) is 3. The summed E-state index contributed by atoms with van der Waals surface area (Å²) in [5.41, 5.74) is 3.66. The minimum atomic E-state index is -0.0228. The van der Waals surface area contributed by atoms with Crippen molar-refractivity contribution in [1.29, 1.82) is 0 Å². The average Bonchev–Trinajstić information content (AvgIpc) is 3.22. The first-order chi connectivity index (χ1) is 14.5. The Morgan fingerprint density at radius 2 is 1.93 bits per heavy atom. The van der Waals surface area contributed by atoms with Crippen LogP contribution in [0.15, 0.2) is 65.7 Å². The largest absolute Gasteiger partial charge is 0.282 e. The van der Waals surface area contributed by atoms with Gasteiger partial charge in [-0.05, 0) is 54.6 Å². The predicted octanol–water partition coefficient (Wildman–Crippen LogP) is 6.15. The fourth-order valence-electron chi connectivity index (χ4n) is 3.14. The minimum absolute atomic E-state index is 0.0228. The van der Waals surface area contributed by atoms with Crippen molar-refractivity contribution in [2.45, 2.75) is 24.8 Å². The molecule has 0 fully saturated rings. The highest BCUT2D eigenvalue weighted by atomic mass is 35.5. The number of pyridine rings is 1. The van der Waals surface area contributed by atoms with E-state index in [2.05, 4.69) is 4.98 Å². The van der Waals surface area contributed by atoms with Crippen LogP contribution in [0.3, 0.4) is 0 Å². The van der Waals surface area contributed by atoms with Crippen LogP contribution in [0.1, 0.15) is 16.8 Å². The zero-order valence-corrected chi connectivity index (χ0v) is 19.0. The van der Waals surface area contributed by atoms with E-state index < -0.39 is 0 Å². The number of thioether (sulfide) groups is 1. The Labute approximate surface area is 188 Å². The molecule has 0 spiro atoms. The molecular weight excluding hydrogens is 434 g/mol. The minimum Gasteiger partial charge on any atom is -0.282 e. The van der Waals surface area contributed by atoms with E-state index in [1.807, 2.05) is 67.8 Å². The van der Waals surface area contributed by atoms with E-state index >= 15 is 0 Å². The van der Waals surface area contributed by atoms with Crippen LogP contribution < -0.4 is 4.90 Å². The van der Waals surface area contributed by atoms with Gasteiger partial charge in [0, 0.05) is 11.1 Å². The first kappa shape index (κ1) is 20.8. The second-order valence-electron chi connectivity index (χ2n) is 6.86. The lowest BCUT2D eigenvalue weighted by molar-refractivity contribution is -0.118. The van der Waals surface area contributed by atoms with Gasteiger partial charge in [0.05, 0.1) is 33.9 Å². The summed E-state index contributed by atoms with van der Waals surface area (Å²) in [4.78, 5) is 25.4. The molecule has 2 aromatic heterocycles. The van der Waals surface area contributed by atoms with E-state index in [0.717, 1.165) is 27.0 Å². The van der Waals surface area contributed by atoms with Crippen LogP contribution in [0, 0.1) is 6.92 Å². The highest BCUT2D eigenvalue weighted by Gasteiger charge is 2.22. The molecule has 0 unspecified atom stereocenters. The molecule has 2 aromatic carbocycles. The number of hydrogen-bond donors (Lipinski definition) is 0. The molecule has 0 atom stereocenters. The molecule has 0 saturated carbocycles. The third kappa shape index (κ3) is 4.51. The van der Waals surface area contributed by atoms with Gasteiger partial charge in [0.1, 0.15) is 0 Å². The second-order valence-corrected chi connectivity index (χ2v) is 9.13. The van der Waals surface area contributed by atoms with E-state index in [9.17, 15) is 4.79 Å². The van der Waals surface area contributed by atoms with E-state index in [4.69, 9.17) is 16.6 Å². The summed E-state index contributed by atoms with van der Waals surface area (Å²) in [5.74, 6) is -0.0228. The van der Waals surface area contributed by atoms with Gasteiger partial charge in [-0.3, -0.25) is 14.7 Å². The van der Waals surface area contributed by atoms with Crippen molar-refractivity contribution in [3.05, 3.63) is 82.6 Å². The first-order valence-corrected chi connectivity index (χ1v) is 11.9. The summed E-state index contributed by atoms with van der Waals surface area (Å²) in [6.07, 6.45) is 4.07. The molecular formula is C23H20ClN3OS2. The number of hydrogen-bond acceptors (Lipinski definition) is 5. The molecule has 2 heterocycles. The molecule has 0 aliphatic rings. The fraction of sp³-hybridized carbons (Fsp3) is 0.174. The fourth-order valence-corrected chi connectivity index (χ4v) is 4.88. The molecule has 4 aromatic rings. The maximum absolute atomic E-state index is 13.3. The third-order valence-corrected chi connectivity index (χ3v) is 7.06. The van der Waals surface area contributed by atoms with Crippen LogP contribution in [-0.2, 0) is 17.8 Å². The van der Waals surface area contributed by atoms with E-state index in [1.54, 1.807) is 22.9 Å². The van der Waals surface area contributed by atoms with Crippen molar-refractivity contribution in [3.8, 4) is 0 Å². The number of carbonyl (C=O) groups excluding carboxylic acids is 1. The van der Waals surface area contributed by atoms with Crippen molar-refractivity contribution >= 4 is 56.0 Å². The highest BCUT2D eigenvalue weighted by Crippen LogP contribution is 2.36. The molecule has 0 aliphatic heterocycles. The highest BCUT2D eigenvalue weighted by molar-refractivity contribution is 7.98. The summed E-state index contributed by atoms with van der Waals surface area (Å²) in [7, 11) is 0. The van der Waals surface area contributed by atoms with Crippen LogP contribution in [0.4, 0.5) is 5.13 Å². The van der Waals surface area contributed by atoms with Gasteiger partial charge in [-0.25, -0.2) is 4.98 Å². The van der Waals surface area contributed by atoms with Crippen molar-refractivity contribution in [2.75, 3.05) is 11.2 Å². The van der Waals surface area contributed by atoms with Gasteiger partial charge in [-0.15, -0.1) is 11.8 Å². The van der Waals surface area contributed by atoms with Crippen LogP contribution in [0.25, 0.3) is 10.2 Å². The number of halogens is 1. The van der Waals surface area contributed by atoms with Crippen molar-refractivity contribution < 1.29 is 4.79 Å². The maximum atomic E-state index is 13.3. The standard InChI is InChI=1S/C23H20ClN3OS2/c1-15-6-11-19(24)22-21(15)26-23(30-22)27(14-17-5-3-4-12-25-17)20(28)13-16-7-9-18(29-2)10-8-16/h3-12H,13-14H2,1-2H3. The molecule has 0 radical (unpaired) electrons. The number of anilines is 1. The number of benzene rings is 2. The summed E-state index contributed by atoms with van der Waals surface area (Å²) >= 11 is 9.52. The summed E-state index contributed by atoms with van der Waals surface area (Å²) in [5, 5.41) is 1.29.